The Labute approximate surface area is 186 Å². The van der Waals surface area contributed by atoms with E-state index in [-0.39, 0.29) is 0 Å². The highest BCUT2D eigenvalue weighted by Gasteiger charge is 2.06. The summed E-state index contributed by atoms with van der Waals surface area (Å²) in [4.78, 5) is 0. The summed E-state index contributed by atoms with van der Waals surface area (Å²) in [5.74, 6) is 1.94. The molecule has 0 N–H and O–H groups in total. The molecule has 0 radical (unpaired) electrons. The lowest BCUT2D eigenvalue weighted by Crippen LogP contribution is -1.98. The third-order valence-corrected chi connectivity index (χ3v) is 5.52. The van der Waals surface area contributed by atoms with Gasteiger partial charge in [0.1, 0.15) is 5.75 Å². The molecule has 3 nitrogen and oxygen atoms in total. The van der Waals surface area contributed by atoms with E-state index in [0.29, 0.717) is 0 Å². The molecular weight excluding hydrogens is 388 g/mol. The zero-order chi connectivity index (χ0) is 20.9. The predicted molar refractivity (Wildman–Crippen MR) is 131 cm³/mol. The van der Waals surface area contributed by atoms with E-state index in [2.05, 4.69) is 35.0 Å². The van der Waals surface area contributed by atoms with Gasteiger partial charge in [0.05, 0.1) is 18.0 Å². The second-order valence-electron chi connectivity index (χ2n) is 7.56. The number of hydrogen-bond donors (Lipinski definition) is 1. The van der Waals surface area contributed by atoms with Crippen LogP contribution in [0.3, 0.4) is 0 Å². The van der Waals surface area contributed by atoms with Gasteiger partial charge in [-0.15, -0.1) is 5.11 Å². The Bertz CT molecular complexity index is 911. The molecule has 30 heavy (non-hydrogen) atoms. The van der Waals surface area contributed by atoms with Gasteiger partial charge in [0, 0.05) is 10.8 Å². The van der Waals surface area contributed by atoms with E-state index < -0.39 is 0 Å². The van der Waals surface area contributed by atoms with Crippen LogP contribution < -0.4 is 4.74 Å². The summed E-state index contributed by atoms with van der Waals surface area (Å²) < 4.78 is 6.12. The van der Waals surface area contributed by atoms with Crippen LogP contribution in [0.4, 0.5) is 11.4 Å². The fraction of sp³-hybridized carbons (Fsp3) is 0.385. The number of azo groups is 1. The smallest absolute Gasteiger partial charge is 0.127 e. The van der Waals surface area contributed by atoms with Crippen LogP contribution in [-0.4, -0.2) is 12.4 Å². The van der Waals surface area contributed by atoms with Gasteiger partial charge in [0.15, 0.2) is 0 Å². The first-order valence-corrected chi connectivity index (χ1v) is 11.7. The summed E-state index contributed by atoms with van der Waals surface area (Å²) in [5, 5.41) is 11.0. The van der Waals surface area contributed by atoms with Gasteiger partial charge in [-0.3, -0.25) is 0 Å². The van der Waals surface area contributed by atoms with Crippen LogP contribution in [0.15, 0.2) is 77.0 Å². The molecule has 0 amide bonds. The molecule has 0 aliphatic heterocycles. The van der Waals surface area contributed by atoms with Crippen molar-refractivity contribution in [2.45, 2.75) is 51.4 Å². The molecule has 3 aromatic carbocycles. The number of nitrogens with zero attached hydrogens (tertiary/aromatic N) is 2. The third-order valence-electron chi connectivity index (χ3n) is 5.20. The molecule has 0 heterocycles. The van der Waals surface area contributed by atoms with E-state index in [1.54, 1.807) is 0 Å². The van der Waals surface area contributed by atoms with Crippen LogP contribution in [0.2, 0.25) is 0 Å². The first kappa shape index (κ1) is 22.4. The molecule has 0 bridgehead atoms. The molecule has 0 aromatic heterocycles. The number of hydrogen-bond acceptors (Lipinski definition) is 4. The van der Waals surface area contributed by atoms with E-state index in [0.717, 1.165) is 46.7 Å². The van der Waals surface area contributed by atoms with Crippen molar-refractivity contribution in [1.29, 1.82) is 0 Å². The van der Waals surface area contributed by atoms with E-state index in [1.807, 2.05) is 54.6 Å². The summed E-state index contributed by atoms with van der Waals surface area (Å²) in [7, 11) is 0. The molecule has 0 unspecified atom stereocenters. The van der Waals surface area contributed by atoms with Crippen LogP contribution in [0.5, 0.6) is 5.75 Å². The minimum atomic E-state index is 0.758. The normalized spacial score (nSPS) is 11.4. The van der Waals surface area contributed by atoms with Gasteiger partial charge in [0.2, 0.25) is 0 Å². The van der Waals surface area contributed by atoms with Crippen LogP contribution in [-0.2, 0) is 0 Å². The fourth-order valence-electron chi connectivity index (χ4n) is 3.53. The maximum atomic E-state index is 6.12. The summed E-state index contributed by atoms with van der Waals surface area (Å²) in [6.45, 7) is 0.758. The van der Waals surface area contributed by atoms with Crippen LogP contribution in [0.1, 0.15) is 51.4 Å². The molecule has 0 aliphatic rings. The molecule has 0 saturated heterocycles. The lowest BCUT2D eigenvalue weighted by Gasteiger charge is -2.10. The van der Waals surface area contributed by atoms with Gasteiger partial charge in [-0.05, 0) is 42.9 Å². The van der Waals surface area contributed by atoms with Crippen LogP contribution >= 0.6 is 12.6 Å². The van der Waals surface area contributed by atoms with Crippen molar-refractivity contribution in [3.63, 3.8) is 0 Å². The summed E-state index contributed by atoms with van der Waals surface area (Å²) in [5.41, 5.74) is 1.71. The van der Waals surface area contributed by atoms with Crippen molar-refractivity contribution in [2.75, 3.05) is 12.4 Å². The summed E-state index contributed by atoms with van der Waals surface area (Å²) in [6, 6.07) is 22.1. The number of benzene rings is 3. The van der Waals surface area contributed by atoms with Gasteiger partial charge in [0.25, 0.3) is 0 Å². The number of fused-ring (bicyclic) bond motifs is 1. The van der Waals surface area contributed by atoms with Crippen molar-refractivity contribution in [3.8, 4) is 5.75 Å². The number of thiol groups is 1. The maximum Gasteiger partial charge on any atom is 0.127 e. The molecule has 0 saturated carbocycles. The quantitative estimate of drug-likeness (QED) is 0.167. The third kappa shape index (κ3) is 7.17. The second-order valence-corrected chi connectivity index (χ2v) is 8.01. The van der Waals surface area contributed by atoms with Gasteiger partial charge in [-0.25, -0.2) is 0 Å². The zero-order valence-electron chi connectivity index (χ0n) is 17.7. The lowest BCUT2D eigenvalue weighted by molar-refractivity contribution is 0.307. The zero-order valence-corrected chi connectivity index (χ0v) is 18.6. The SMILES string of the molecule is SCCCCCCCCCCOc1ccc(N=Nc2ccccc2)c2ccccc12. The van der Waals surface area contributed by atoms with Crippen molar-refractivity contribution >= 4 is 34.8 Å². The Kier molecular flexibility index (Phi) is 9.74. The van der Waals surface area contributed by atoms with Crippen molar-refractivity contribution in [1.82, 2.24) is 0 Å². The minimum Gasteiger partial charge on any atom is -0.493 e. The van der Waals surface area contributed by atoms with E-state index >= 15 is 0 Å². The molecule has 0 fully saturated rings. The highest BCUT2D eigenvalue weighted by Crippen LogP contribution is 2.34. The lowest BCUT2D eigenvalue weighted by atomic mass is 10.1. The monoisotopic (exact) mass is 420 g/mol. The van der Waals surface area contributed by atoms with Gasteiger partial charge >= 0.3 is 0 Å². The molecule has 158 valence electrons. The predicted octanol–water partition coefficient (Wildman–Crippen LogP) is 8.68. The van der Waals surface area contributed by atoms with E-state index in [9.17, 15) is 0 Å². The molecular formula is C26H32N2OS. The van der Waals surface area contributed by atoms with Crippen molar-refractivity contribution in [2.24, 2.45) is 10.2 Å². The first-order chi connectivity index (χ1) is 14.9. The molecule has 3 rings (SSSR count). The Balaban J connectivity index is 1.50. The van der Waals surface area contributed by atoms with E-state index in [4.69, 9.17) is 4.74 Å². The fourth-order valence-corrected chi connectivity index (χ4v) is 3.76. The van der Waals surface area contributed by atoms with Crippen LogP contribution in [0, 0.1) is 0 Å². The average molecular weight is 421 g/mol. The van der Waals surface area contributed by atoms with Gasteiger partial charge < -0.3 is 4.74 Å². The molecule has 4 heteroatoms. The van der Waals surface area contributed by atoms with Gasteiger partial charge in [-0.2, -0.15) is 17.7 Å². The topological polar surface area (TPSA) is 34.0 Å². The van der Waals surface area contributed by atoms with E-state index in [1.165, 1.54) is 44.9 Å². The molecule has 0 aliphatic carbocycles. The Hall–Kier alpha value is -2.33. The molecule has 0 spiro atoms. The Morgan fingerprint density at radius 3 is 1.97 bits per heavy atom. The van der Waals surface area contributed by atoms with Crippen LogP contribution in [0.25, 0.3) is 10.8 Å². The van der Waals surface area contributed by atoms with Gasteiger partial charge in [-0.1, -0.05) is 81.0 Å². The molecule has 0 atom stereocenters. The Morgan fingerprint density at radius 1 is 0.600 bits per heavy atom. The molecule has 3 aromatic rings. The highest BCUT2D eigenvalue weighted by molar-refractivity contribution is 7.80. The average Bonchev–Trinajstić information content (AvgIpc) is 2.80. The minimum absolute atomic E-state index is 0.758. The number of ether oxygens (including phenoxy) is 1. The Morgan fingerprint density at radius 2 is 1.23 bits per heavy atom. The highest BCUT2D eigenvalue weighted by atomic mass is 32.1. The largest absolute Gasteiger partial charge is 0.493 e. The summed E-state index contributed by atoms with van der Waals surface area (Å²) >= 11 is 4.26. The summed E-state index contributed by atoms with van der Waals surface area (Å²) in [6.07, 6.45) is 10.2. The van der Waals surface area contributed by atoms with Crippen molar-refractivity contribution in [3.05, 3.63) is 66.7 Å². The first-order valence-electron chi connectivity index (χ1n) is 11.1. The standard InChI is InChI=1S/C26H32N2OS/c30-21-13-6-4-2-1-3-5-12-20-29-26-19-18-25(23-16-10-11-17-24(23)26)28-27-22-14-8-7-9-15-22/h7-11,14-19,30H,1-6,12-13,20-21H2. The second kappa shape index (κ2) is 13.1. The number of unbranched alkanes of at least 4 members (excludes halogenated alkanes) is 7. The number of rotatable bonds is 13. The maximum absolute atomic E-state index is 6.12. The van der Waals surface area contributed by atoms with Crippen molar-refractivity contribution < 1.29 is 4.74 Å².